The van der Waals surface area contributed by atoms with Crippen LogP contribution in [-0.2, 0) is 16.6 Å². The first-order valence-corrected chi connectivity index (χ1v) is 10.2. The number of carbonyl (C=O) groups excluding carboxylic acids is 1. The number of aromatic nitrogens is 5. The summed E-state index contributed by atoms with van der Waals surface area (Å²) in [7, 11) is 3.27. The summed E-state index contributed by atoms with van der Waals surface area (Å²) in [5.41, 5.74) is 1.25. The van der Waals surface area contributed by atoms with Gasteiger partial charge < -0.3 is 15.4 Å². The molecule has 3 aromatic rings. The summed E-state index contributed by atoms with van der Waals surface area (Å²) >= 11 is 0. The van der Waals surface area contributed by atoms with Crippen LogP contribution in [0.2, 0.25) is 0 Å². The van der Waals surface area contributed by atoms with Gasteiger partial charge in [0.15, 0.2) is 5.82 Å². The summed E-state index contributed by atoms with van der Waals surface area (Å²) in [6, 6.07) is 3.03. The molecule has 1 aliphatic carbocycles. The van der Waals surface area contributed by atoms with Crippen LogP contribution in [0.5, 0.6) is 0 Å². The van der Waals surface area contributed by atoms with E-state index >= 15 is 0 Å². The molecule has 0 aliphatic heterocycles. The lowest BCUT2D eigenvalue weighted by Crippen LogP contribution is -2.46. The van der Waals surface area contributed by atoms with E-state index in [0.717, 1.165) is 5.39 Å². The highest BCUT2D eigenvalue weighted by molar-refractivity contribution is 5.85. The Bertz CT molecular complexity index is 1220. The van der Waals surface area contributed by atoms with E-state index in [1.54, 1.807) is 38.6 Å². The molecule has 168 valence electrons. The van der Waals surface area contributed by atoms with Crippen LogP contribution in [0.3, 0.4) is 0 Å². The van der Waals surface area contributed by atoms with Crippen molar-refractivity contribution >= 4 is 34.0 Å². The van der Waals surface area contributed by atoms with Crippen molar-refractivity contribution in [2.24, 2.45) is 13.0 Å². The molecule has 2 atom stereocenters. The van der Waals surface area contributed by atoms with Gasteiger partial charge in [-0.2, -0.15) is 10.1 Å². The van der Waals surface area contributed by atoms with Gasteiger partial charge in [0.1, 0.15) is 5.82 Å². The zero-order valence-corrected chi connectivity index (χ0v) is 18.6. The first kappa shape index (κ1) is 21.7. The molecule has 0 spiro atoms. The molecule has 0 bridgehead atoms. The second-order valence-corrected chi connectivity index (χ2v) is 8.74. The van der Waals surface area contributed by atoms with E-state index in [4.69, 9.17) is 4.74 Å². The number of hydrogen-bond acceptors (Lipinski definition) is 6. The van der Waals surface area contributed by atoms with Gasteiger partial charge in [-0.25, -0.2) is 9.07 Å². The van der Waals surface area contributed by atoms with Crippen LogP contribution in [-0.4, -0.2) is 49.6 Å². The molecule has 2 aromatic heterocycles. The molecule has 1 aliphatic rings. The van der Waals surface area contributed by atoms with E-state index in [0.29, 0.717) is 22.9 Å². The Labute approximate surface area is 184 Å². The lowest BCUT2D eigenvalue weighted by atomic mass is 9.91. The Morgan fingerprint density at radius 3 is 2.81 bits per heavy atom. The molecule has 1 amide bonds. The lowest BCUT2D eigenvalue weighted by Gasteiger charge is -2.28. The minimum absolute atomic E-state index is 0.114. The van der Waals surface area contributed by atoms with E-state index in [-0.39, 0.29) is 17.1 Å². The third kappa shape index (κ3) is 4.40. The van der Waals surface area contributed by atoms with Crippen molar-refractivity contribution in [3.05, 3.63) is 48.2 Å². The van der Waals surface area contributed by atoms with Crippen LogP contribution in [0, 0.1) is 11.7 Å². The zero-order chi connectivity index (χ0) is 23.0. The second-order valence-electron chi connectivity index (χ2n) is 8.74. The molecule has 0 radical (unpaired) electrons. The minimum atomic E-state index is -0.460. The van der Waals surface area contributed by atoms with Crippen molar-refractivity contribution < 1.29 is 13.9 Å². The number of aryl methyl sites for hydroxylation is 1. The third-order valence-corrected chi connectivity index (χ3v) is 5.05. The van der Waals surface area contributed by atoms with Crippen LogP contribution in [0.1, 0.15) is 26.6 Å². The average molecular weight is 439 g/mol. The predicted molar refractivity (Wildman–Crippen MR) is 120 cm³/mol. The fraction of sp³-hybridized carbons (Fsp3) is 0.364. The molecule has 0 fully saturated rings. The zero-order valence-electron chi connectivity index (χ0n) is 18.6. The second kappa shape index (κ2) is 8.19. The van der Waals surface area contributed by atoms with Crippen LogP contribution in [0.4, 0.5) is 16.0 Å². The first-order chi connectivity index (χ1) is 15.1. The topological polar surface area (TPSA) is 110 Å². The summed E-state index contributed by atoms with van der Waals surface area (Å²) in [4.78, 5) is 17.1. The maximum absolute atomic E-state index is 14.5. The Balaban J connectivity index is 1.56. The van der Waals surface area contributed by atoms with E-state index in [1.807, 2.05) is 26.8 Å². The molecule has 1 aromatic carbocycles. The van der Waals surface area contributed by atoms with Gasteiger partial charge in [-0.15, -0.1) is 5.10 Å². The van der Waals surface area contributed by atoms with E-state index in [1.165, 1.54) is 10.7 Å². The highest BCUT2D eigenvalue weighted by Crippen LogP contribution is 2.28. The molecule has 2 unspecified atom stereocenters. The molecule has 3 N–H and O–H groups in total. The number of hydrogen-bond donors (Lipinski definition) is 3. The molecule has 2 heterocycles. The number of amides is 1. The molecule has 32 heavy (non-hydrogen) atoms. The summed E-state index contributed by atoms with van der Waals surface area (Å²) in [6.45, 7) is 5.79. The number of methoxy groups -OCH3 is 1. The molecule has 0 saturated heterocycles. The van der Waals surface area contributed by atoms with Gasteiger partial charge in [-0.1, -0.05) is 12.2 Å². The van der Waals surface area contributed by atoms with Crippen LogP contribution < -0.4 is 10.6 Å². The molecular weight excluding hydrogens is 413 g/mol. The highest BCUT2D eigenvalue weighted by atomic mass is 19.1. The quantitative estimate of drug-likeness (QED) is 0.564. The normalized spacial score (nSPS) is 18.6. The number of benzene rings is 1. The largest absolute Gasteiger partial charge is 0.376 e. The van der Waals surface area contributed by atoms with Gasteiger partial charge in [-0.05, 0) is 32.9 Å². The molecular formula is C22H26FN7O2. The van der Waals surface area contributed by atoms with Crippen LogP contribution in [0.25, 0.3) is 16.5 Å². The maximum atomic E-state index is 14.5. The van der Waals surface area contributed by atoms with E-state index < -0.39 is 17.8 Å². The van der Waals surface area contributed by atoms with E-state index in [9.17, 15) is 9.18 Å². The Kier molecular flexibility index (Phi) is 5.55. The summed E-state index contributed by atoms with van der Waals surface area (Å²) in [5, 5.41) is 17.8. The molecule has 0 saturated carbocycles. The smallest absolute Gasteiger partial charge is 0.230 e. The van der Waals surface area contributed by atoms with Crippen molar-refractivity contribution in [2.75, 3.05) is 12.4 Å². The number of nitrogens with zero attached hydrogens (tertiary/aromatic N) is 4. The number of halogens is 1. The maximum Gasteiger partial charge on any atom is 0.230 e. The number of allylic oxidation sites excluding steroid dienone is 2. The number of ether oxygens (including phenoxy) is 1. The van der Waals surface area contributed by atoms with Crippen molar-refractivity contribution in [3.63, 3.8) is 0 Å². The third-order valence-electron chi connectivity index (χ3n) is 5.05. The number of rotatable bonds is 5. The monoisotopic (exact) mass is 439 g/mol. The Hall–Kier alpha value is -3.53. The first-order valence-electron chi connectivity index (χ1n) is 10.2. The minimum Gasteiger partial charge on any atom is -0.376 e. The van der Waals surface area contributed by atoms with Gasteiger partial charge in [0.2, 0.25) is 11.9 Å². The van der Waals surface area contributed by atoms with Crippen molar-refractivity contribution in [3.8, 4) is 0 Å². The van der Waals surface area contributed by atoms with Crippen molar-refractivity contribution in [1.82, 2.24) is 30.3 Å². The van der Waals surface area contributed by atoms with Gasteiger partial charge in [0.05, 0.1) is 29.4 Å². The van der Waals surface area contributed by atoms with Crippen molar-refractivity contribution in [1.29, 1.82) is 0 Å². The number of fused-ring (bicyclic) bond motifs is 1. The number of nitrogens with one attached hydrogen (secondary N) is 3. The lowest BCUT2D eigenvalue weighted by molar-refractivity contribution is -0.127. The summed E-state index contributed by atoms with van der Waals surface area (Å²) < 4.78 is 21.5. The van der Waals surface area contributed by atoms with Gasteiger partial charge in [-0.3, -0.25) is 9.89 Å². The highest BCUT2D eigenvalue weighted by Gasteiger charge is 2.30. The number of aromatic amines is 1. The average Bonchev–Trinajstić information content (AvgIpc) is 3.32. The van der Waals surface area contributed by atoms with Crippen LogP contribution in [0.15, 0.2) is 36.6 Å². The summed E-state index contributed by atoms with van der Waals surface area (Å²) in [6.07, 6.45) is 6.58. The fourth-order valence-electron chi connectivity index (χ4n) is 3.50. The van der Waals surface area contributed by atoms with Gasteiger partial charge >= 0.3 is 0 Å². The molecule has 9 nitrogen and oxygen atoms in total. The van der Waals surface area contributed by atoms with Gasteiger partial charge in [0.25, 0.3) is 0 Å². The Morgan fingerprint density at radius 1 is 1.31 bits per heavy atom. The predicted octanol–water partition coefficient (Wildman–Crippen LogP) is 3.07. The number of anilines is 2. The molecule has 10 heteroatoms. The fourth-order valence-corrected chi connectivity index (χ4v) is 3.50. The Morgan fingerprint density at radius 2 is 2.09 bits per heavy atom. The van der Waals surface area contributed by atoms with E-state index in [2.05, 4.69) is 30.9 Å². The van der Waals surface area contributed by atoms with Crippen molar-refractivity contribution in [2.45, 2.75) is 32.4 Å². The van der Waals surface area contributed by atoms with Crippen LogP contribution >= 0.6 is 0 Å². The number of H-pyrrole nitrogens is 1. The molecule has 4 rings (SSSR count). The standard InChI is InChI=1S/C22H26FN7O2/c1-22(2,3)27-20(31)14-7-6-12(9-18(14)32-5)19-26-21(30(4)29-19)25-17-8-13-11-24-28-16(13)10-15(17)23/h6-11,14,18H,1-5H3,(H,24,28)(H,27,31)(H,25,26,29). The summed E-state index contributed by atoms with van der Waals surface area (Å²) in [5.74, 6) is -0.196. The SMILES string of the molecule is COC1C=C(c2nc(Nc3cc4cn[nH]c4cc3F)n(C)n2)C=CC1C(=O)NC(C)(C)C. The van der Waals surface area contributed by atoms with Gasteiger partial charge in [0, 0.05) is 36.7 Å². The number of carbonyl (C=O) groups is 1.